The van der Waals surface area contributed by atoms with Crippen molar-refractivity contribution in [3.05, 3.63) is 72.6 Å². The van der Waals surface area contributed by atoms with Gasteiger partial charge < -0.3 is 20.7 Å². The number of para-hydroxylation sites is 1. The lowest BCUT2D eigenvalue weighted by Crippen LogP contribution is -2.38. The number of benzene rings is 2. The van der Waals surface area contributed by atoms with Crippen molar-refractivity contribution in [1.29, 1.82) is 0 Å². The maximum absolute atomic E-state index is 12.2. The van der Waals surface area contributed by atoms with E-state index in [1.807, 2.05) is 60.7 Å². The predicted molar refractivity (Wildman–Crippen MR) is 113 cm³/mol. The van der Waals surface area contributed by atoms with E-state index in [2.05, 4.69) is 4.98 Å². The molecule has 2 aromatic carbocycles. The third-order valence-corrected chi connectivity index (χ3v) is 5.64. The van der Waals surface area contributed by atoms with Crippen molar-refractivity contribution in [2.45, 2.75) is 6.04 Å². The smallest absolute Gasteiger partial charge is 0.328 e. The molecular formula is C22H16N2O5S. The first-order chi connectivity index (χ1) is 14.4. The first-order valence-electron chi connectivity index (χ1n) is 8.91. The highest BCUT2D eigenvalue weighted by Crippen LogP contribution is 2.39. The lowest BCUT2D eigenvalue weighted by atomic mass is 10.1. The minimum atomic E-state index is -1.78. The van der Waals surface area contributed by atoms with E-state index >= 15 is 0 Å². The number of pyridine rings is 1. The van der Waals surface area contributed by atoms with Crippen molar-refractivity contribution < 1.29 is 24.5 Å². The Morgan fingerprint density at radius 1 is 1.03 bits per heavy atom. The van der Waals surface area contributed by atoms with Crippen molar-refractivity contribution in [3.8, 4) is 27.7 Å². The van der Waals surface area contributed by atoms with Crippen LogP contribution in [0, 0.1) is 0 Å². The minimum absolute atomic E-state index is 0.350. The van der Waals surface area contributed by atoms with Crippen molar-refractivity contribution in [3.63, 3.8) is 0 Å². The number of fused-ring (bicyclic) bond motifs is 1. The molecule has 1 unspecified atom stereocenters. The number of nitrogens with zero attached hydrogens (tertiary/aromatic N) is 1. The summed E-state index contributed by atoms with van der Waals surface area (Å²) in [4.78, 5) is 27.9. The van der Waals surface area contributed by atoms with E-state index in [4.69, 9.17) is 15.6 Å². The number of carboxylic acid groups (broad SMARTS) is 1. The Morgan fingerprint density at radius 3 is 2.37 bits per heavy atom. The number of aromatic nitrogens is 1. The Bertz CT molecular complexity index is 1240. The zero-order valence-electron chi connectivity index (χ0n) is 15.5. The van der Waals surface area contributed by atoms with Gasteiger partial charge in [-0.2, -0.15) is 0 Å². The van der Waals surface area contributed by atoms with Gasteiger partial charge >= 0.3 is 5.97 Å². The molecule has 0 radical (unpaired) electrons. The van der Waals surface area contributed by atoms with Crippen LogP contribution in [0.3, 0.4) is 0 Å². The summed E-state index contributed by atoms with van der Waals surface area (Å²) in [5.74, 6) is -1.37. The van der Waals surface area contributed by atoms with Crippen molar-refractivity contribution >= 4 is 33.2 Å². The summed E-state index contributed by atoms with van der Waals surface area (Å²) in [5.41, 5.74) is 5.91. The molecular weight excluding hydrogens is 404 g/mol. The predicted octanol–water partition coefficient (Wildman–Crippen LogP) is 4.06. The number of aliphatic carboxylic acids is 1. The maximum Gasteiger partial charge on any atom is 0.328 e. The van der Waals surface area contributed by atoms with Gasteiger partial charge in [0, 0.05) is 16.5 Å². The summed E-state index contributed by atoms with van der Waals surface area (Å²) in [5, 5.41) is 20.0. The second-order valence-corrected chi connectivity index (χ2v) is 7.52. The molecule has 0 spiro atoms. The highest BCUT2D eigenvalue weighted by molar-refractivity contribution is 7.22. The van der Waals surface area contributed by atoms with Gasteiger partial charge in [0.05, 0.1) is 4.70 Å². The molecule has 4 rings (SSSR count). The fourth-order valence-corrected chi connectivity index (χ4v) is 3.97. The molecule has 0 aliphatic carbocycles. The number of carboxylic acids is 1. The zero-order valence-corrected chi connectivity index (χ0v) is 16.3. The van der Waals surface area contributed by atoms with Crippen LogP contribution in [0.5, 0.6) is 17.2 Å². The quantitative estimate of drug-likeness (QED) is 0.317. The summed E-state index contributed by atoms with van der Waals surface area (Å²) in [6.07, 6.45) is 1.42. The van der Waals surface area contributed by atoms with Gasteiger partial charge in [0.25, 0.3) is 0 Å². The first-order valence-corrected chi connectivity index (χ1v) is 9.73. The van der Waals surface area contributed by atoms with Crippen LogP contribution in [0.2, 0.25) is 0 Å². The van der Waals surface area contributed by atoms with Crippen molar-refractivity contribution in [2.24, 2.45) is 5.73 Å². The maximum atomic E-state index is 12.2. The van der Waals surface area contributed by atoms with Gasteiger partial charge in [-0.3, -0.25) is 9.59 Å². The van der Waals surface area contributed by atoms with Gasteiger partial charge in [-0.15, -0.1) is 11.3 Å². The zero-order chi connectivity index (χ0) is 21.3. The number of carbonyl (C=O) groups is 2. The topological polar surface area (TPSA) is 123 Å². The second kappa shape index (κ2) is 7.94. The molecule has 7 nitrogen and oxygen atoms in total. The largest absolute Gasteiger partial charge is 0.504 e. The summed E-state index contributed by atoms with van der Waals surface area (Å²) in [7, 11) is 0. The Hall–Kier alpha value is -3.75. The van der Waals surface area contributed by atoms with Crippen LogP contribution in [0.25, 0.3) is 20.5 Å². The average Bonchev–Trinajstić information content (AvgIpc) is 3.19. The molecule has 4 N–H and O–H groups in total. The Balaban J connectivity index is 1.63. The van der Waals surface area contributed by atoms with Gasteiger partial charge in [0.2, 0.25) is 5.78 Å². The lowest BCUT2D eigenvalue weighted by Gasteiger charge is -2.06. The van der Waals surface area contributed by atoms with Gasteiger partial charge in [-0.05, 0) is 48.0 Å². The Kier molecular flexibility index (Phi) is 5.18. The number of ketones is 1. The standard InChI is InChI=1S/C22H16N2O5S/c23-17(22(27)28)19(25)18-20(26)21-13(11-24-18)10-16(30-21)12-6-8-15(9-7-12)29-14-4-2-1-3-5-14/h1-11,17,26H,23H2,(H,27,28). The third-order valence-electron chi connectivity index (χ3n) is 4.43. The van der Waals surface area contributed by atoms with Crippen molar-refractivity contribution in [2.75, 3.05) is 0 Å². The minimum Gasteiger partial charge on any atom is -0.504 e. The van der Waals surface area contributed by atoms with E-state index in [0.717, 1.165) is 16.2 Å². The van der Waals surface area contributed by atoms with E-state index in [1.54, 1.807) is 0 Å². The fourth-order valence-electron chi connectivity index (χ4n) is 2.88. The molecule has 0 aliphatic rings. The number of hydrogen-bond acceptors (Lipinski definition) is 7. The van der Waals surface area contributed by atoms with E-state index in [9.17, 15) is 14.7 Å². The summed E-state index contributed by atoms with van der Waals surface area (Å²) in [6.45, 7) is 0. The van der Waals surface area contributed by atoms with Crippen LogP contribution in [0.1, 0.15) is 10.5 Å². The van der Waals surface area contributed by atoms with Crippen LogP contribution < -0.4 is 10.5 Å². The van der Waals surface area contributed by atoms with Crippen LogP contribution in [-0.2, 0) is 4.79 Å². The van der Waals surface area contributed by atoms with Gasteiger partial charge in [0.15, 0.2) is 17.5 Å². The van der Waals surface area contributed by atoms with Gasteiger partial charge in [-0.25, -0.2) is 4.98 Å². The lowest BCUT2D eigenvalue weighted by molar-refractivity contribution is -0.137. The molecule has 0 amide bonds. The van der Waals surface area contributed by atoms with Gasteiger partial charge in [0.1, 0.15) is 11.5 Å². The second-order valence-electron chi connectivity index (χ2n) is 6.47. The molecule has 2 aromatic heterocycles. The number of rotatable bonds is 6. The number of aromatic hydroxyl groups is 1. The molecule has 0 bridgehead atoms. The van der Waals surface area contributed by atoms with Crippen LogP contribution in [0.15, 0.2) is 66.9 Å². The van der Waals surface area contributed by atoms with Crippen molar-refractivity contribution in [1.82, 2.24) is 4.98 Å². The Labute approximate surface area is 175 Å². The third kappa shape index (κ3) is 3.73. The van der Waals surface area contributed by atoms with Gasteiger partial charge in [-0.1, -0.05) is 18.2 Å². The monoisotopic (exact) mass is 420 g/mol. The molecule has 1 atom stereocenters. The summed E-state index contributed by atoms with van der Waals surface area (Å²) < 4.78 is 6.22. The number of hydrogen-bond donors (Lipinski definition) is 3. The number of Topliss-reactive ketones (excluding diaryl/α,β-unsaturated/α-hetero) is 1. The van der Waals surface area contributed by atoms with E-state index in [0.29, 0.717) is 15.8 Å². The highest BCUT2D eigenvalue weighted by Gasteiger charge is 2.27. The van der Waals surface area contributed by atoms with E-state index < -0.39 is 17.8 Å². The van der Waals surface area contributed by atoms with Crippen LogP contribution >= 0.6 is 11.3 Å². The number of thiophene rings is 1. The molecule has 0 fully saturated rings. The molecule has 0 aliphatic heterocycles. The van der Waals surface area contributed by atoms with Crippen LogP contribution in [0.4, 0.5) is 0 Å². The number of ether oxygens (including phenoxy) is 1. The average molecular weight is 420 g/mol. The summed E-state index contributed by atoms with van der Waals surface area (Å²) >= 11 is 1.27. The van der Waals surface area contributed by atoms with Crippen LogP contribution in [-0.4, -0.2) is 33.0 Å². The molecule has 0 saturated carbocycles. The molecule has 2 heterocycles. The molecule has 30 heavy (non-hydrogen) atoms. The highest BCUT2D eigenvalue weighted by atomic mass is 32.1. The molecule has 8 heteroatoms. The first kappa shape index (κ1) is 19.6. The summed E-state index contributed by atoms with van der Waals surface area (Å²) in [6, 6.07) is 16.9. The number of nitrogens with two attached hydrogens (primary N) is 1. The number of carbonyl (C=O) groups excluding carboxylic acids is 1. The molecule has 4 aromatic rings. The molecule has 150 valence electrons. The molecule has 0 saturated heterocycles. The van der Waals surface area contributed by atoms with E-state index in [1.165, 1.54) is 17.5 Å². The Morgan fingerprint density at radius 2 is 1.70 bits per heavy atom. The fraction of sp³-hybridized carbons (Fsp3) is 0.0455. The van der Waals surface area contributed by atoms with E-state index in [-0.39, 0.29) is 11.4 Å². The SMILES string of the molecule is NC(C(=O)O)C(=O)c1ncc2cc(-c3ccc(Oc4ccccc4)cc3)sc2c1O. The normalized spacial score (nSPS) is 11.9.